The van der Waals surface area contributed by atoms with Gasteiger partial charge in [-0.25, -0.2) is 24.4 Å². The van der Waals surface area contributed by atoms with E-state index in [0.29, 0.717) is 12.0 Å². The van der Waals surface area contributed by atoms with E-state index in [4.69, 9.17) is 34.4 Å². The number of carboxylic acids is 3. The zero-order valence-electron chi connectivity index (χ0n) is 23.7. The second-order valence-corrected chi connectivity index (χ2v) is 9.58. The van der Waals surface area contributed by atoms with Crippen molar-refractivity contribution >= 4 is 23.9 Å². The van der Waals surface area contributed by atoms with Crippen LogP contribution >= 0.6 is 0 Å². The molecule has 0 aliphatic carbocycles. The summed E-state index contributed by atoms with van der Waals surface area (Å²) in [5.74, 6) is -7.56. The fourth-order valence-corrected chi connectivity index (χ4v) is 3.97. The number of aromatic nitrogens is 3. The van der Waals surface area contributed by atoms with Crippen molar-refractivity contribution in [2.45, 2.75) is 62.9 Å². The van der Waals surface area contributed by atoms with E-state index in [0.717, 1.165) is 56.9 Å². The van der Waals surface area contributed by atoms with Crippen LogP contribution in [-0.2, 0) is 25.7 Å². The molecular formula is C25H28F9N5O7. The first-order valence-electron chi connectivity index (χ1n) is 12.8. The van der Waals surface area contributed by atoms with E-state index in [1.54, 1.807) is 12.4 Å². The molecule has 12 nitrogen and oxygen atoms in total. The molecule has 0 bridgehead atoms. The average Bonchev–Trinajstić information content (AvgIpc) is 3.29. The number of halogens is 9. The monoisotopic (exact) mass is 681 g/mol. The maximum Gasteiger partial charge on any atom is 0.490 e. The summed E-state index contributed by atoms with van der Waals surface area (Å²) in [6, 6.07) is 8.44. The van der Waals surface area contributed by atoms with E-state index in [-0.39, 0.29) is 5.60 Å². The molecule has 4 rings (SSSR count). The van der Waals surface area contributed by atoms with Crippen LogP contribution in [0.25, 0.3) is 0 Å². The lowest BCUT2D eigenvalue weighted by Gasteiger charge is -2.38. The molecule has 0 amide bonds. The molecule has 2 atom stereocenters. The zero-order chi connectivity index (χ0) is 35.3. The second kappa shape index (κ2) is 16.9. The number of nitrogens with one attached hydrogen (secondary N) is 1. The maximum atomic E-state index is 10.6. The predicted molar refractivity (Wildman–Crippen MR) is 137 cm³/mol. The Morgan fingerprint density at radius 1 is 0.913 bits per heavy atom. The minimum absolute atomic E-state index is 0.0471. The molecule has 2 aromatic rings. The number of alkyl halides is 9. The van der Waals surface area contributed by atoms with Crippen molar-refractivity contribution in [2.24, 2.45) is 0 Å². The van der Waals surface area contributed by atoms with E-state index in [9.17, 15) is 39.5 Å². The molecule has 2 fully saturated rings. The van der Waals surface area contributed by atoms with Gasteiger partial charge in [-0.15, -0.1) is 0 Å². The lowest BCUT2D eigenvalue weighted by molar-refractivity contribution is -0.193. The molecule has 2 aromatic heterocycles. The first kappa shape index (κ1) is 39.8. The fraction of sp³-hybridized carbons (Fsp3) is 0.520. The fourth-order valence-electron chi connectivity index (χ4n) is 3.97. The Labute approximate surface area is 254 Å². The summed E-state index contributed by atoms with van der Waals surface area (Å²) in [7, 11) is 0. The number of aryl methyl sites for hydroxylation is 1. The molecule has 258 valence electrons. The number of likely N-dealkylation sites (tertiary alicyclic amines) is 1. The lowest BCUT2D eigenvalue weighted by Crippen LogP contribution is -2.46. The van der Waals surface area contributed by atoms with Gasteiger partial charge in [0.2, 0.25) is 5.95 Å². The first-order valence-corrected chi connectivity index (χ1v) is 12.8. The molecule has 0 saturated carbocycles. The Morgan fingerprint density at radius 3 is 1.87 bits per heavy atom. The number of carboxylic acid groups (broad SMARTS) is 3. The van der Waals surface area contributed by atoms with Crippen LogP contribution in [0.5, 0.6) is 0 Å². The molecule has 0 unspecified atom stereocenters. The first-order chi connectivity index (χ1) is 21.0. The summed E-state index contributed by atoms with van der Waals surface area (Å²) in [5, 5.41) is 24.8. The highest BCUT2D eigenvalue weighted by Gasteiger charge is 2.43. The molecule has 0 radical (unpaired) electrons. The largest absolute Gasteiger partial charge is 0.490 e. The Bertz CT molecular complexity index is 1220. The molecule has 4 heterocycles. The molecule has 0 aromatic carbocycles. The number of pyridine rings is 1. The van der Waals surface area contributed by atoms with Crippen molar-refractivity contribution in [2.75, 3.05) is 25.0 Å². The molecule has 2 aliphatic heterocycles. The van der Waals surface area contributed by atoms with Gasteiger partial charge in [0.05, 0.1) is 11.3 Å². The van der Waals surface area contributed by atoms with Gasteiger partial charge in [-0.1, -0.05) is 6.07 Å². The van der Waals surface area contributed by atoms with Crippen LogP contribution in [0, 0.1) is 6.92 Å². The third-order valence-corrected chi connectivity index (χ3v) is 5.85. The zero-order valence-corrected chi connectivity index (χ0v) is 23.7. The number of rotatable bonds is 4. The van der Waals surface area contributed by atoms with Crippen molar-refractivity contribution in [3.63, 3.8) is 0 Å². The normalized spacial score (nSPS) is 19.7. The molecule has 21 heteroatoms. The average molecular weight is 682 g/mol. The molecular weight excluding hydrogens is 653 g/mol. The van der Waals surface area contributed by atoms with E-state index < -0.39 is 36.4 Å². The van der Waals surface area contributed by atoms with Crippen molar-refractivity contribution in [1.29, 1.82) is 0 Å². The Kier molecular flexibility index (Phi) is 14.6. The SMILES string of the molecule is Cc1cccc(CN2CC[C@@]3(C[C@@H](Nc4ncccn4)CCO3)C2)n1.O=C(O)C(F)(F)F.O=C(O)C(F)(F)F.O=C(O)C(F)(F)F. The van der Waals surface area contributed by atoms with Gasteiger partial charge in [-0.2, -0.15) is 39.5 Å². The van der Waals surface area contributed by atoms with Crippen molar-refractivity contribution in [3.05, 3.63) is 48.0 Å². The number of aliphatic carboxylic acids is 3. The Balaban J connectivity index is 0.000000413. The Morgan fingerprint density at radius 2 is 1.41 bits per heavy atom. The van der Waals surface area contributed by atoms with Crippen LogP contribution in [-0.4, -0.2) is 103 Å². The van der Waals surface area contributed by atoms with E-state index >= 15 is 0 Å². The van der Waals surface area contributed by atoms with E-state index in [1.165, 1.54) is 0 Å². The van der Waals surface area contributed by atoms with E-state index in [2.05, 4.69) is 37.3 Å². The van der Waals surface area contributed by atoms with E-state index in [1.807, 2.05) is 19.1 Å². The highest BCUT2D eigenvalue weighted by Crippen LogP contribution is 2.35. The summed E-state index contributed by atoms with van der Waals surface area (Å²) in [6.45, 7) is 5.76. The quantitative estimate of drug-likeness (QED) is 0.337. The van der Waals surface area contributed by atoms with Crippen LogP contribution < -0.4 is 5.32 Å². The number of anilines is 1. The topological polar surface area (TPSA) is 175 Å². The molecule has 4 N–H and O–H groups in total. The number of hydrogen-bond acceptors (Lipinski definition) is 9. The number of carbonyl (C=O) groups is 3. The summed E-state index contributed by atoms with van der Waals surface area (Å²) >= 11 is 0. The summed E-state index contributed by atoms with van der Waals surface area (Å²) in [6.07, 6.45) is -8.62. The van der Waals surface area contributed by atoms with Crippen LogP contribution in [0.15, 0.2) is 36.7 Å². The molecule has 46 heavy (non-hydrogen) atoms. The number of ether oxygens (including phenoxy) is 1. The predicted octanol–water partition coefficient (Wildman–Crippen LogP) is 4.32. The van der Waals surface area contributed by atoms with Gasteiger partial charge in [-0.3, -0.25) is 9.88 Å². The van der Waals surface area contributed by atoms with Gasteiger partial charge in [0.1, 0.15) is 0 Å². The maximum absolute atomic E-state index is 10.6. The molecule has 2 saturated heterocycles. The minimum atomic E-state index is -5.08. The summed E-state index contributed by atoms with van der Waals surface area (Å²) in [4.78, 5) is 42.3. The van der Waals surface area contributed by atoms with Crippen LogP contribution in [0.2, 0.25) is 0 Å². The van der Waals surface area contributed by atoms with Crippen molar-refractivity contribution < 1.29 is 74.0 Å². The second-order valence-electron chi connectivity index (χ2n) is 9.58. The smallest absolute Gasteiger partial charge is 0.475 e. The highest BCUT2D eigenvalue weighted by atomic mass is 19.4. The minimum Gasteiger partial charge on any atom is -0.475 e. The van der Waals surface area contributed by atoms with Crippen LogP contribution in [0.4, 0.5) is 45.5 Å². The van der Waals surface area contributed by atoms with Crippen LogP contribution in [0.3, 0.4) is 0 Å². The van der Waals surface area contributed by atoms with Gasteiger partial charge in [0.15, 0.2) is 0 Å². The molecule has 2 aliphatic rings. The third-order valence-electron chi connectivity index (χ3n) is 5.85. The number of nitrogens with zero attached hydrogens (tertiary/aromatic N) is 4. The van der Waals surface area contributed by atoms with Crippen molar-refractivity contribution in [3.8, 4) is 0 Å². The van der Waals surface area contributed by atoms with Gasteiger partial charge < -0.3 is 25.4 Å². The van der Waals surface area contributed by atoms with Crippen molar-refractivity contribution in [1.82, 2.24) is 19.9 Å². The Hall–Kier alpha value is -4.27. The third kappa shape index (κ3) is 15.1. The highest BCUT2D eigenvalue weighted by molar-refractivity contribution is 5.73. The van der Waals surface area contributed by atoms with Gasteiger partial charge in [-0.05, 0) is 44.4 Å². The van der Waals surface area contributed by atoms with Gasteiger partial charge >= 0.3 is 36.4 Å². The van der Waals surface area contributed by atoms with Gasteiger partial charge in [0.25, 0.3) is 0 Å². The van der Waals surface area contributed by atoms with Crippen LogP contribution in [0.1, 0.15) is 30.7 Å². The standard InChI is InChI=1S/C19H25N5O.3C2HF3O2/c1-15-4-2-5-17(22-15)13-24-10-7-19(14-24)12-16(6-11-25-19)23-18-20-8-3-9-21-18;3*3-2(4,5)1(6)7/h2-5,8-9,16H,6-7,10-14H2,1H3,(H,20,21,23);3*(H,6,7)/t16-,19+;;;/m0.../s1. The number of hydrogen-bond donors (Lipinski definition) is 4. The van der Waals surface area contributed by atoms with Gasteiger partial charge in [0, 0.05) is 50.4 Å². The summed E-state index contributed by atoms with van der Waals surface area (Å²) in [5.41, 5.74) is 2.17. The lowest BCUT2D eigenvalue weighted by atomic mass is 9.89. The molecule has 1 spiro atoms. The summed E-state index contributed by atoms with van der Waals surface area (Å²) < 4.78 is 101.